The van der Waals surface area contributed by atoms with E-state index in [9.17, 15) is 4.79 Å². The zero-order valence-corrected chi connectivity index (χ0v) is 5.71. The number of rotatable bonds is 2. The first-order valence-corrected chi connectivity index (χ1v) is 3.30. The molecule has 0 radical (unpaired) electrons. The van der Waals surface area contributed by atoms with Crippen LogP contribution < -0.4 is 0 Å². The molecular formula is C8H10O2. The van der Waals surface area contributed by atoms with Crippen molar-refractivity contribution in [3.63, 3.8) is 0 Å². The Morgan fingerprint density at radius 1 is 1.70 bits per heavy atom. The smallest absolute Gasteiger partial charge is 0.331 e. The number of carboxylic acids is 1. The van der Waals surface area contributed by atoms with Crippen LogP contribution in [0.3, 0.4) is 0 Å². The van der Waals surface area contributed by atoms with Crippen molar-refractivity contribution >= 4 is 5.97 Å². The minimum atomic E-state index is -0.878. The Hall–Kier alpha value is -1.05. The van der Waals surface area contributed by atoms with Crippen LogP contribution >= 0.6 is 0 Å². The van der Waals surface area contributed by atoms with E-state index in [0.717, 1.165) is 12.8 Å². The summed E-state index contributed by atoms with van der Waals surface area (Å²) in [6, 6.07) is 0. The molecular weight excluding hydrogens is 128 g/mol. The molecule has 10 heavy (non-hydrogen) atoms. The Kier molecular flexibility index (Phi) is 1.90. The van der Waals surface area contributed by atoms with Gasteiger partial charge in [-0.15, -0.1) is 0 Å². The van der Waals surface area contributed by atoms with Crippen LogP contribution in [0.25, 0.3) is 0 Å². The maximum absolute atomic E-state index is 10.4. The number of aliphatic carboxylic acids is 1. The lowest BCUT2D eigenvalue weighted by molar-refractivity contribution is -0.133. The third-order valence-corrected chi connectivity index (χ3v) is 1.74. The van der Waals surface area contributed by atoms with Gasteiger partial charge >= 0.3 is 5.97 Å². The lowest BCUT2D eigenvalue weighted by Gasteiger charge is -2.04. The van der Waals surface area contributed by atoms with Gasteiger partial charge in [-0.2, -0.15) is 0 Å². The molecule has 2 heteroatoms. The summed E-state index contributed by atoms with van der Waals surface area (Å²) in [5.74, 6) is -0.797. The number of hydrogen-bond donors (Lipinski definition) is 1. The second-order valence-electron chi connectivity index (χ2n) is 2.44. The highest BCUT2D eigenvalue weighted by molar-refractivity contribution is 5.86. The van der Waals surface area contributed by atoms with Crippen molar-refractivity contribution in [3.8, 4) is 0 Å². The van der Waals surface area contributed by atoms with Crippen LogP contribution in [0.1, 0.15) is 12.8 Å². The molecule has 0 amide bonds. The maximum atomic E-state index is 10.4. The van der Waals surface area contributed by atoms with Gasteiger partial charge in [0.05, 0.1) is 0 Å². The summed E-state index contributed by atoms with van der Waals surface area (Å²) in [4.78, 5) is 10.4. The number of hydrogen-bond acceptors (Lipinski definition) is 1. The molecule has 1 unspecified atom stereocenters. The van der Waals surface area contributed by atoms with Crippen molar-refractivity contribution < 1.29 is 9.90 Å². The van der Waals surface area contributed by atoms with E-state index in [-0.39, 0.29) is 5.92 Å². The van der Waals surface area contributed by atoms with E-state index < -0.39 is 5.97 Å². The minimum absolute atomic E-state index is 0.0810. The average Bonchev–Trinajstić information content (AvgIpc) is 2.36. The molecule has 1 N–H and O–H groups in total. The third kappa shape index (κ3) is 1.26. The summed E-state index contributed by atoms with van der Waals surface area (Å²) in [7, 11) is 0. The summed E-state index contributed by atoms with van der Waals surface area (Å²) in [5, 5.41) is 8.51. The first kappa shape index (κ1) is 7.06. The number of carbonyl (C=O) groups is 1. The van der Waals surface area contributed by atoms with Gasteiger partial charge in [-0.25, -0.2) is 4.79 Å². The van der Waals surface area contributed by atoms with E-state index in [1.54, 1.807) is 0 Å². The van der Waals surface area contributed by atoms with Crippen molar-refractivity contribution in [1.82, 2.24) is 0 Å². The molecule has 0 heterocycles. The third-order valence-electron chi connectivity index (χ3n) is 1.74. The maximum Gasteiger partial charge on any atom is 0.331 e. The van der Waals surface area contributed by atoms with Crippen LogP contribution in [0.4, 0.5) is 0 Å². The molecule has 54 valence electrons. The fourth-order valence-electron chi connectivity index (χ4n) is 1.08. The molecule has 1 aliphatic carbocycles. The van der Waals surface area contributed by atoms with Crippen LogP contribution in [0.15, 0.2) is 24.3 Å². The van der Waals surface area contributed by atoms with Gasteiger partial charge in [-0.3, -0.25) is 0 Å². The fourth-order valence-corrected chi connectivity index (χ4v) is 1.08. The van der Waals surface area contributed by atoms with Crippen LogP contribution in [0.2, 0.25) is 0 Å². The SMILES string of the molecule is C=C(C(=O)O)C1C=CCC1. The van der Waals surface area contributed by atoms with Crippen LogP contribution in [0, 0.1) is 5.92 Å². The molecule has 0 fully saturated rings. The lowest BCUT2D eigenvalue weighted by Crippen LogP contribution is -2.06. The zero-order chi connectivity index (χ0) is 7.56. The predicted octanol–water partition coefficient (Wildman–Crippen LogP) is 1.59. The first-order chi connectivity index (χ1) is 4.72. The number of allylic oxidation sites excluding steroid dienone is 2. The molecule has 1 rings (SSSR count). The van der Waals surface area contributed by atoms with E-state index in [0.29, 0.717) is 5.57 Å². The molecule has 0 spiro atoms. The normalized spacial score (nSPS) is 23.0. The molecule has 0 saturated carbocycles. The molecule has 2 nitrogen and oxygen atoms in total. The minimum Gasteiger partial charge on any atom is -0.478 e. The Morgan fingerprint density at radius 3 is 2.80 bits per heavy atom. The van der Waals surface area contributed by atoms with Crippen molar-refractivity contribution in [1.29, 1.82) is 0 Å². The van der Waals surface area contributed by atoms with Gasteiger partial charge in [0.2, 0.25) is 0 Å². The van der Waals surface area contributed by atoms with Gasteiger partial charge in [0.1, 0.15) is 0 Å². The molecule has 1 atom stereocenters. The summed E-state index contributed by atoms with van der Waals surface area (Å²) in [5.41, 5.74) is 0.314. The molecule has 0 aliphatic heterocycles. The monoisotopic (exact) mass is 138 g/mol. The molecule has 0 bridgehead atoms. The second-order valence-corrected chi connectivity index (χ2v) is 2.44. The van der Waals surface area contributed by atoms with Crippen LogP contribution in [0.5, 0.6) is 0 Å². The van der Waals surface area contributed by atoms with Gasteiger partial charge in [-0.05, 0) is 12.8 Å². The highest BCUT2D eigenvalue weighted by Gasteiger charge is 2.17. The first-order valence-electron chi connectivity index (χ1n) is 3.30. The molecule has 1 aliphatic rings. The Morgan fingerprint density at radius 2 is 2.40 bits per heavy atom. The molecule has 0 saturated heterocycles. The lowest BCUT2D eigenvalue weighted by atomic mass is 10.0. The van der Waals surface area contributed by atoms with Gasteiger partial charge in [0.25, 0.3) is 0 Å². The standard InChI is InChI=1S/C8H10O2/c1-6(8(9)10)7-4-2-3-5-7/h2,4,7H,1,3,5H2,(H,9,10). The van der Waals surface area contributed by atoms with Crippen molar-refractivity contribution in [2.75, 3.05) is 0 Å². The van der Waals surface area contributed by atoms with Crippen LogP contribution in [-0.4, -0.2) is 11.1 Å². The van der Waals surface area contributed by atoms with Gasteiger partial charge in [0.15, 0.2) is 0 Å². The largest absolute Gasteiger partial charge is 0.478 e. The Balaban J connectivity index is 2.57. The summed E-state index contributed by atoms with van der Waals surface area (Å²) in [6.45, 7) is 3.49. The van der Waals surface area contributed by atoms with Gasteiger partial charge in [-0.1, -0.05) is 18.7 Å². The highest BCUT2D eigenvalue weighted by atomic mass is 16.4. The zero-order valence-electron chi connectivity index (χ0n) is 5.71. The molecule has 0 aromatic heterocycles. The predicted molar refractivity (Wildman–Crippen MR) is 38.6 cm³/mol. The topological polar surface area (TPSA) is 37.3 Å². The summed E-state index contributed by atoms with van der Waals surface area (Å²) < 4.78 is 0. The molecule has 0 aromatic rings. The van der Waals surface area contributed by atoms with Crippen molar-refractivity contribution in [3.05, 3.63) is 24.3 Å². The Bertz CT molecular complexity index is 191. The molecule has 0 aromatic carbocycles. The van der Waals surface area contributed by atoms with E-state index in [4.69, 9.17) is 5.11 Å². The van der Waals surface area contributed by atoms with Crippen molar-refractivity contribution in [2.24, 2.45) is 5.92 Å². The van der Waals surface area contributed by atoms with Crippen molar-refractivity contribution in [2.45, 2.75) is 12.8 Å². The quantitative estimate of drug-likeness (QED) is 0.464. The van der Waals surface area contributed by atoms with Gasteiger partial charge < -0.3 is 5.11 Å². The van der Waals surface area contributed by atoms with E-state index in [2.05, 4.69) is 6.58 Å². The summed E-state index contributed by atoms with van der Waals surface area (Å²) in [6.07, 6.45) is 5.80. The van der Waals surface area contributed by atoms with E-state index in [1.807, 2.05) is 12.2 Å². The number of carboxylic acid groups (broad SMARTS) is 1. The Labute approximate surface area is 59.9 Å². The van der Waals surface area contributed by atoms with Crippen LogP contribution in [-0.2, 0) is 4.79 Å². The van der Waals surface area contributed by atoms with E-state index >= 15 is 0 Å². The second kappa shape index (κ2) is 2.69. The summed E-state index contributed by atoms with van der Waals surface area (Å²) >= 11 is 0. The van der Waals surface area contributed by atoms with Gasteiger partial charge in [0, 0.05) is 11.5 Å². The highest BCUT2D eigenvalue weighted by Crippen LogP contribution is 2.23. The van der Waals surface area contributed by atoms with E-state index in [1.165, 1.54) is 0 Å². The average molecular weight is 138 g/mol. The fraction of sp³-hybridized carbons (Fsp3) is 0.375.